The maximum Gasteiger partial charge on any atom is 0.331 e. The van der Waals surface area contributed by atoms with Gasteiger partial charge < -0.3 is 4.52 Å². The first-order chi connectivity index (χ1) is 13.5. The molecule has 0 aliphatic rings. The van der Waals surface area contributed by atoms with Crippen LogP contribution in [0.4, 0.5) is 4.39 Å². The maximum absolute atomic E-state index is 13.4. The summed E-state index contributed by atoms with van der Waals surface area (Å²) in [6.45, 7) is 2.00. The van der Waals surface area contributed by atoms with E-state index in [9.17, 15) is 14.0 Å². The topological polar surface area (TPSA) is 82.9 Å². The highest BCUT2D eigenvalue weighted by molar-refractivity contribution is 9.10. The zero-order chi connectivity index (χ0) is 19.8. The molecule has 0 unspecified atom stereocenters. The molecule has 0 atom stereocenters. The summed E-state index contributed by atoms with van der Waals surface area (Å²) in [7, 11) is 0. The van der Waals surface area contributed by atoms with Crippen molar-refractivity contribution in [2.45, 2.75) is 20.0 Å². The third kappa shape index (κ3) is 3.07. The molecule has 7 nitrogen and oxygen atoms in total. The summed E-state index contributed by atoms with van der Waals surface area (Å²) in [5.41, 5.74) is 0.280. The average Bonchev–Trinajstić information content (AvgIpc) is 3.16. The number of hydrogen-bond acceptors (Lipinski definition) is 5. The number of hydrogen-bond donors (Lipinski definition) is 0. The van der Waals surface area contributed by atoms with Crippen molar-refractivity contribution in [1.29, 1.82) is 0 Å². The predicted molar refractivity (Wildman–Crippen MR) is 105 cm³/mol. The molecule has 0 aliphatic carbocycles. The van der Waals surface area contributed by atoms with E-state index in [-0.39, 0.29) is 34.8 Å². The van der Waals surface area contributed by atoms with E-state index in [1.807, 2.05) is 0 Å². The second-order valence-corrected chi connectivity index (χ2v) is 6.93. The van der Waals surface area contributed by atoms with Crippen LogP contribution >= 0.6 is 15.9 Å². The van der Waals surface area contributed by atoms with Crippen molar-refractivity contribution in [3.8, 4) is 11.4 Å². The Labute approximate surface area is 166 Å². The van der Waals surface area contributed by atoms with Crippen LogP contribution in [0.2, 0.25) is 0 Å². The van der Waals surface area contributed by atoms with Gasteiger partial charge in [-0.05, 0) is 53.2 Å². The van der Waals surface area contributed by atoms with Gasteiger partial charge in [0, 0.05) is 12.1 Å². The molecule has 28 heavy (non-hydrogen) atoms. The van der Waals surface area contributed by atoms with Crippen molar-refractivity contribution < 1.29 is 8.91 Å². The molecule has 2 heterocycles. The SMILES string of the molecule is CCn1c(=O)c2ccccc2n(Cc2nc(-c3ccc(F)c(Br)c3)no2)c1=O. The highest BCUT2D eigenvalue weighted by Crippen LogP contribution is 2.23. The first kappa shape index (κ1) is 18.3. The highest BCUT2D eigenvalue weighted by Gasteiger charge is 2.16. The number of benzene rings is 2. The number of nitrogens with zero attached hydrogens (tertiary/aromatic N) is 4. The van der Waals surface area contributed by atoms with Gasteiger partial charge in [-0.2, -0.15) is 4.98 Å². The number of rotatable bonds is 4. The van der Waals surface area contributed by atoms with Crippen LogP contribution in [0.3, 0.4) is 0 Å². The molecule has 0 spiro atoms. The van der Waals surface area contributed by atoms with Gasteiger partial charge in [-0.3, -0.25) is 13.9 Å². The number of fused-ring (bicyclic) bond motifs is 1. The van der Waals surface area contributed by atoms with Gasteiger partial charge in [-0.25, -0.2) is 9.18 Å². The van der Waals surface area contributed by atoms with E-state index in [2.05, 4.69) is 26.1 Å². The van der Waals surface area contributed by atoms with Crippen LogP contribution in [0, 0.1) is 5.82 Å². The lowest BCUT2D eigenvalue weighted by Gasteiger charge is -2.11. The fourth-order valence-electron chi connectivity index (χ4n) is 3.01. The van der Waals surface area contributed by atoms with Gasteiger partial charge in [0.15, 0.2) is 0 Å². The van der Waals surface area contributed by atoms with Crippen molar-refractivity contribution in [3.63, 3.8) is 0 Å². The Morgan fingerprint density at radius 3 is 2.68 bits per heavy atom. The standard InChI is InChI=1S/C19H14BrFN4O3/c1-2-24-18(26)12-5-3-4-6-15(12)25(19(24)27)10-16-22-17(23-28-16)11-7-8-14(21)13(20)9-11/h3-9H,2,10H2,1H3. The molecule has 0 bridgehead atoms. The Hall–Kier alpha value is -3.07. The van der Waals surface area contributed by atoms with Gasteiger partial charge in [-0.15, -0.1) is 0 Å². The summed E-state index contributed by atoms with van der Waals surface area (Å²) >= 11 is 3.12. The fourth-order valence-corrected chi connectivity index (χ4v) is 3.39. The van der Waals surface area contributed by atoms with Gasteiger partial charge in [0.1, 0.15) is 12.4 Å². The maximum atomic E-state index is 13.4. The van der Waals surface area contributed by atoms with Crippen molar-refractivity contribution in [2.75, 3.05) is 0 Å². The van der Waals surface area contributed by atoms with Gasteiger partial charge in [-0.1, -0.05) is 17.3 Å². The van der Waals surface area contributed by atoms with Gasteiger partial charge >= 0.3 is 5.69 Å². The van der Waals surface area contributed by atoms with Crippen molar-refractivity contribution >= 4 is 26.8 Å². The number of aromatic nitrogens is 4. The zero-order valence-corrected chi connectivity index (χ0v) is 16.3. The normalized spacial score (nSPS) is 11.2. The third-order valence-corrected chi connectivity index (χ3v) is 5.00. The van der Waals surface area contributed by atoms with Crippen LogP contribution < -0.4 is 11.2 Å². The Kier molecular flexibility index (Phi) is 4.68. The van der Waals surface area contributed by atoms with Gasteiger partial charge in [0.25, 0.3) is 5.56 Å². The molecule has 0 radical (unpaired) electrons. The highest BCUT2D eigenvalue weighted by atomic mass is 79.9. The third-order valence-electron chi connectivity index (χ3n) is 4.39. The van der Waals surface area contributed by atoms with E-state index >= 15 is 0 Å². The molecule has 4 rings (SSSR count). The van der Waals surface area contributed by atoms with E-state index < -0.39 is 11.5 Å². The summed E-state index contributed by atoms with van der Waals surface area (Å²) in [4.78, 5) is 29.6. The van der Waals surface area contributed by atoms with Crippen LogP contribution in [0.15, 0.2) is 61.0 Å². The molecular weight excluding hydrogens is 431 g/mol. The average molecular weight is 445 g/mol. The molecule has 0 fully saturated rings. The molecule has 0 saturated heterocycles. The molecular formula is C19H14BrFN4O3. The minimum Gasteiger partial charge on any atom is -0.337 e. The summed E-state index contributed by atoms with van der Waals surface area (Å²) in [5.74, 6) is 0.0770. The van der Waals surface area contributed by atoms with Gasteiger partial charge in [0.2, 0.25) is 11.7 Å². The molecule has 2 aromatic heterocycles. The molecule has 4 aromatic rings. The summed E-state index contributed by atoms with van der Waals surface area (Å²) in [6, 6.07) is 11.3. The minimum absolute atomic E-state index is 0.00892. The Balaban J connectivity index is 1.79. The van der Waals surface area contributed by atoms with Crippen molar-refractivity contribution in [1.82, 2.24) is 19.3 Å². The summed E-state index contributed by atoms with van der Waals surface area (Å²) in [5, 5.41) is 4.35. The first-order valence-electron chi connectivity index (χ1n) is 8.50. The van der Waals surface area contributed by atoms with E-state index in [4.69, 9.17) is 4.52 Å². The second kappa shape index (κ2) is 7.16. The van der Waals surface area contributed by atoms with Crippen LogP contribution in [0.1, 0.15) is 12.8 Å². The summed E-state index contributed by atoms with van der Waals surface area (Å²) < 4.78 is 21.6. The largest absolute Gasteiger partial charge is 0.337 e. The van der Waals surface area contributed by atoms with E-state index in [0.29, 0.717) is 16.5 Å². The summed E-state index contributed by atoms with van der Waals surface area (Å²) in [6.07, 6.45) is 0. The molecule has 0 saturated carbocycles. The molecule has 0 N–H and O–H groups in total. The van der Waals surface area contributed by atoms with Crippen LogP contribution in [0.25, 0.3) is 22.3 Å². The Bertz CT molecular complexity index is 1310. The Morgan fingerprint density at radius 2 is 1.93 bits per heavy atom. The molecule has 0 amide bonds. The Morgan fingerprint density at radius 1 is 1.14 bits per heavy atom. The fraction of sp³-hybridized carbons (Fsp3) is 0.158. The molecule has 2 aromatic carbocycles. The first-order valence-corrected chi connectivity index (χ1v) is 9.29. The lowest BCUT2D eigenvalue weighted by atomic mass is 10.2. The lowest BCUT2D eigenvalue weighted by molar-refractivity contribution is 0.369. The van der Waals surface area contributed by atoms with Crippen molar-refractivity contribution in [3.05, 3.63) is 79.5 Å². The van der Waals surface area contributed by atoms with Crippen LogP contribution in [-0.4, -0.2) is 19.3 Å². The van der Waals surface area contributed by atoms with Crippen LogP contribution in [-0.2, 0) is 13.1 Å². The van der Waals surface area contributed by atoms with E-state index in [1.165, 1.54) is 16.7 Å². The zero-order valence-electron chi connectivity index (χ0n) is 14.7. The molecule has 0 aliphatic heterocycles. The number of halogens is 2. The number of para-hydroxylation sites is 1. The quantitative estimate of drug-likeness (QED) is 0.482. The predicted octanol–water partition coefficient (Wildman–Crippen LogP) is 3.18. The van der Waals surface area contributed by atoms with E-state index in [1.54, 1.807) is 37.3 Å². The monoisotopic (exact) mass is 444 g/mol. The smallest absolute Gasteiger partial charge is 0.331 e. The van der Waals surface area contributed by atoms with Gasteiger partial charge in [0.05, 0.1) is 15.4 Å². The second-order valence-electron chi connectivity index (χ2n) is 6.08. The lowest BCUT2D eigenvalue weighted by Crippen LogP contribution is -2.39. The van der Waals surface area contributed by atoms with Crippen LogP contribution in [0.5, 0.6) is 0 Å². The minimum atomic E-state index is -0.449. The molecule has 9 heteroatoms. The van der Waals surface area contributed by atoms with Crippen molar-refractivity contribution in [2.24, 2.45) is 0 Å². The molecule has 142 valence electrons. The van der Waals surface area contributed by atoms with E-state index in [0.717, 1.165) is 4.57 Å².